The van der Waals surface area contributed by atoms with Crippen LogP contribution in [0.2, 0.25) is 0 Å². The summed E-state index contributed by atoms with van der Waals surface area (Å²) < 4.78 is 0. The second kappa shape index (κ2) is 3.63. The standard InChI is InChI=1S/C15H22Br2O/c1-8-11(17)12(18)9(2)15-6-5-13(15,3)10(16)7-14(8,15)4/h8-11H,5-7H2,1-4H3/t8-,9-,10?,11-,13+,14+,15-/m0/s1. The highest BCUT2D eigenvalue weighted by Gasteiger charge is 2.77. The Hall–Kier alpha value is 0.630. The quantitative estimate of drug-likeness (QED) is 0.565. The molecule has 0 aliphatic heterocycles. The first-order valence-electron chi connectivity index (χ1n) is 7.04. The van der Waals surface area contributed by atoms with Gasteiger partial charge in [0.25, 0.3) is 0 Å². The Morgan fingerprint density at radius 2 is 1.72 bits per heavy atom. The molecule has 0 aromatic heterocycles. The predicted molar refractivity (Wildman–Crippen MR) is 81.3 cm³/mol. The lowest BCUT2D eigenvalue weighted by atomic mass is 9.37. The number of Topliss-reactive ketones (excluding diaryl/α,β-unsaturated/α-hetero) is 1. The molecule has 1 nitrogen and oxygen atoms in total. The zero-order valence-corrected chi connectivity index (χ0v) is 14.8. The van der Waals surface area contributed by atoms with Gasteiger partial charge in [-0.2, -0.15) is 0 Å². The van der Waals surface area contributed by atoms with E-state index in [0.29, 0.717) is 21.9 Å². The third-order valence-electron chi connectivity index (χ3n) is 7.25. The fourth-order valence-corrected chi connectivity index (χ4v) is 8.08. The highest BCUT2D eigenvalue weighted by molar-refractivity contribution is 9.10. The Morgan fingerprint density at radius 3 is 2.22 bits per heavy atom. The Balaban J connectivity index is 2.18. The van der Waals surface area contributed by atoms with Crippen LogP contribution in [0.5, 0.6) is 0 Å². The van der Waals surface area contributed by atoms with E-state index in [1.165, 1.54) is 19.3 Å². The van der Waals surface area contributed by atoms with Crippen LogP contribution in [0.25, 0.3) is 0 Å². The van der Waals surface area contributed by atoms with Gasteiger partial charge in [0.1, 0.15) is 5.78 Å². The maximum atomic E-state index is 12.6. The maximum Gasteiger partial charge on any atom is 0.150 e. The Bertz CT molecular complexity index is 423. The van der Waals surface area contributed by atoms with Crippen LogP contribution in [0.4, 0.5) is 0 Å². The molecule has 0 amide bonds. The van der Waals surface area contributed by atoms with Crippen LogP contribution in [0.15, 0.2) is 0 Å². The topological polar surface area (TPSA) is 17.1 Å². The van der Waals surface area contributed by atoms with Crippen molar-refractivity contribution in [3.8, 4) is 0 Å². The van der Waals surface area contributed by atoms with Gasteiger partial charge in [0.2, 0.25) is 0 Å². The molecule has 0 bridgehead atoms. The third-order valence-corrected chi connectivity index (χ3v) is 9.83. The van der Waals surface area contributed by atoms with Gasteiger partial charge >= 0.3 is 0 Å². The average Bonchev–Trinajstić information content (AvgIpc) is 2.42. The van der Waals surface area contributed by atoms with E-state index in [0.717, 1.165) is 0 Å². The molecule has 3 saturated carbocycles. The molecule has 3 heteroatoms. The van der Waals surface area contributed by atoms with E-state index in [4.69, 9.17) is 0 Å². The van der Waals surface area contributed by atoms with E-state index < -0.39 is 0 Å². The number of carbonyl (C=O) groups excluding carboxylic acids is 1. The molecule has 0 N–H and O–H groups in total. The van der Waals surface area contributed by atoms with Gasteiger partial charge < -0.3 is 0 Å². The number of alkyl halides is 2. The van der Waals surface area contributed by atoms with E-state index >= 15 is 0 Å². The summed E-state index contributed by atoms with van der Waals surface area (Å²) in [6.45, 7) is 9.30. The summed E-state index contributed by atoms with van der Waals surface area (Å²) in [5, 5.41) is 0. The molecule has 0 radical (unpaired) electrons. The van der Waals surface area contributed by atoms with Crippen molar-refractivity contribution in [3.63, 3.8) is 0 Å². The fourth-order valence-electron chi connectivity index (χ4n) is 5.79. The van der Waals surface area contributed by atoms with Gasteiger partial charge in [-0.25, -0.2) is 0 Å². The summed E-state index contributed by atoms with van der Waals surface area (Å²) in [6, 6.07) is 0. The number of hydrogen-bond acceptors (Lipinski definition) is 1. The molecule has 3 aliphatic carbocycles. The molecule has 18 heavy (non-hydrogen) atoms. The van der Waals surface area contributed by atoms with Crippen molar-refractivity contribution in [1.82, 2.24) is 0 Å². The minimum atomic E-state index is 0.0470. The molecule has 0 saturated heterocycles. The van der Waals surface area contributed by atoms with Crippen molar-refractivity contribution in [2.24, 2.45) is 28.1 Å². The highest BCUT2D eigenvalue weighted by atomic mass is 79.9. The van der Waals surface area contributed by atoms with Crippen LogP contribution in [-0.4, -0.2) is 15.4 Å². The minimum Gasteiger partial charge on any atom is -0.298 e. The lowest BCUT2D eigenvalue weighted by Gasteiger charge is -2.67. The summed E-state index contributed by atoms with van der Waals surface area (Å²) in [7, 11) is 0. The molecule has 0 heterocycles. The van der Waals surface area contributed by atoms with Crippen molar-refractivity contribution in [3.05, 3.63) is 0 Å². The molecule has 3 aliphatic rings. The SMILES string of the molecule is C[C@H]1C(=O)[C@@H](Br)[C@H](C)[C@@]2(C)CC(Br)[C@@]3(C)CC[C@]132. The Labute approximate surface area is 127 Å². The molecule has 102 valence electrons. The fraction of sp³-hybridized carbons (Fsp3) is 0.933. The van der Waals surface area contributed by atoms with Crippen molar-refractivity contribution >= 4 is 37.6 Å². The lowest BCUT2D eigenvalue weighted by molar-refractivity contribution is -0.189. The number of ketones is 1. The van der Waals surface area contributed by atoms with E-state index in [1.54, 1.807) is 0 Å². The van der Waals surface area contributed by atoms with E-state index in [2.05, 4.69) is 59.6 Å². The van der Waals surface area contributed by atoms with Crippen molar-refractivity contribution < 1.29 is 4.79 Å². The third kappa shape index (κ3) is 1.11. The van der Waals surface area contributed by atoms with Crippen LogP contribution >= 0.6 is 31.9 Å². The number of carbonyl (C=O) groups is 1. The predicted octanol–water partition coefficient (Wildman–Crippen LogP) is 4.56. The summed E-state index contributed by atoms with van der Waals surface area (Å²) in [5.74, 6) is 1.07. The smallest absolute Gasteiger partial charge is 0.150 e. The summed E-state index contributed by atoms with van der Waals surface area (Å²) in [5.41, 5.74) is 0.836. The first-order valence-corrected chi connectivity index (χ1v) is 8.87. The van der Waals surface area contributed by atoms with Gasteiger partial charge in [-0.1, -0.05) is 59.6 Å². The van der Waals surface area contributed by atoms with Gasteiger partial charge in [-0.3, -0.25) is 4.79 Å². The van der Waals surface area contributed by atoms with Gasteiger partial charge in [0, 0.05) is 10.7 Å². The first kappa shape index (κ1) is 13.6. The number of rotatable bonds is 0. The molecule has 3 fully saturated rings. The Kier molecular flexibility index (Phi) is 2.75. The van der Waals surface area contributed by atoms with Gasteiger partial charge in [0.05, 0.1) is 4.83 Å². The van der Waals surface area contributed by atoms with Crippen LogP contribution in [-0.2, 0) is 4.79 Å². The molecular weight excluding hydrogens is 356 g/mol. The van der Waals surface area contributed by atoms with Crippen LogP contribution in [0.3, 0.4) is 0 Å². The minimum absolute atomic E-state index is 0.0470. The summed E-state index contributed by atoms with van der Waals surface area (Å²) in [6.07, 6.45) is 3.72. The zero-order chi connectivity index (χ0) is 13.5. The van der Waals surface area contributed by atoms with E-state index in [-0.39, 0.29) is 21.6 Å². The summed E-state index contributed by atoms with van der Waals surface area (Å²) >= 11 is 7.61. The summed E-state index contributed by atoms with van der Waals surface area (Å²) in [4.78, 5) is 13.2. The molecule has 7 atom stereocenters. The molecule has 3 rings (SSSR count). The second-order valence-corrected chi connectivity index (χ2v) is 9.38. The second-order valence-electron chi connectivity index (χ2n) is 7.29. The van der Waals surface area contributed by atoms with Gasteiger partial charge in [0.15, 0.2) is 0 Å². The van der Waals surface area contributed by atoms with Crippen molar-refractivity contribution in [2.75, 3.05) is 0 Å². The molecule has 1 spiro atoms. The number of halogens is 2. The largest absolute Gasteiger partial charge is 0.298 e. The van der Waals surface area contributed by atoms with Crippen LogP contribution in [0, 0.1) is 28.1 Å². The first-order chi connectivity index (χ1) is 8.22. The van der Waals surface area contributed by atoms with Crippen LogP contribution in [0.1, 0.15) is 47.0 Å². The molecular formula is C15H22Br2O. The van der Waals surface area contributed by atoms with Crippen molar-refractivity contribution in [2.45, 2.75) is 56.6 Å². The normalized spacial score (nSPS) is 63.1. The molecule has 1 unspecified atom stereocenters. The lowest BCUT2D eigenvalue weighted by Crippen LogP contribution is -2.66. The zero-order valence-electron chi connectivity index (χ0n) is 11.6. The average molecular weight is 378 g/mol. The van der Waals surface area contributed by atoms with Gasteiger partial charge in [-0.15, -0.1) is 0 Å². The monoisotopic (exact) mass is 376 g/mol. The highest BCUT2D eigenvalue weighted by Crippen LogP contribution is 2.81. The van der Waals surface area contributed by atoms with E-state index in [1.807, 2.05) is 0 Å². The van der Waals surface area contributed by atoms with Gasteiger partial charge in [-0.05, 0) is 41.4 Å². The maximum absolute atomic E-state index is 12.6. The number of hydrogen-bond donors (Lipinski definition) is 0. The Morgan fingerprint density at radius 1 is 1.11 bits per heavy atom. The van der Waals surface area contributed by atoms with Crippen molar-refractivity contribution in [1.29, 1.82) is 0 Å². The molecule has 0 aromatic carbocycles. The van der Waals surface area contributed by atoms with E-state index in [9.17, 15) is 4.79 Å². The van der Waals surface area contributed by atoms with Crippen LogP contribution < -0.4 is 0 Å². The molecule has 0 aromatic rings.